The number of aromatic amines is 1. The maximum Gasteiger partial charge on any atom is 0.212 e. The van der Waals surface area contributed by atoms with Crippen LogP contribution in [0.25, 0.3) is 22.2 Å². The van der Waals surface area contributed by atoms with Crippen molar-refractivity contribution >= 4 is 10.9 Å². The summed E-state index contributed by atoms with van der Waals surface area (Å²) in [6.07, 6.45) is 3.81. The Kier molecular flexibility index (Phi) is 8.22. The van der Waals surface area contributed by atoms with Crippen LogP contribution in [-0.4, -0.2) is 9.97 Å². The lowest BCUT2D eigenvalue weighted by molar-refractivity contribution is -0.313. The molecule has 0 saturated carbocycles. The maximum absolute atomic E-state index is 6.41. The van der Waals surface area contributed by atoms with Crippen molar-refractivity contribution in [2.45, 2.75) is 53.4 Å². The molecule has 170 valence electrons. The Bertz CT molecular complexity index is 1100. The molecule has 0 amide bonds. The number of H-pyrrole nitrogens is 1. The highest BCUT2D eigenvalue weighted by Crippen LogP contribution is 2.34. The van der Waals surface area contributed by atoms with Crippen LogP contribution in [0.5, 0.6) is 0 Å². The highest BCUT2D eigenvalue weighted by molar-refractivity contribution is 5.94. The van der Waals surface area contributed by atoms with Crippen LogP contribution in [0.2, 0.25) is 0 Å². The van der Waals surface area contributed by atoms with E-state index in [-0.39, 0.29) is 20.1 Å². The van der Waals surface area contributed by atoms with Gasteiger partial charge in [0, 0.05) is 22.7 Å². The van der Waals surface area contributed by atoms with Crippen molar-refractivity contribution in [1.29, 1.82) is 0 Å². The lowest BCUT2D eigenvalue weighted by atomic mass is 10.00. The average Bonchev–Trinajstić information content (AvgIpc) is 3.41. The zero-order valence-corrected chi connectivity index (χ0v) is 18.0. The SMILES string of the molecule is C.CC[C@H](C)CC(N)c1nc(COOCc2ccccc2)c(-c2c[nH]c3ccccc23)o1. The molecule has 0 aliphatic carbocycles. The molecule has 3 N–H and O–H groups in total. The highest BCUT2D eigenvalue weighted by Gasteiger charge is 2.23. The van der Waals surface area contributed by atoms with Gasteiger partial charge < -0.3 is 15.1 Å². The molecule has 0 bridgehead atoms. The van der Waals surface area contributed by atoms with E-state index < -0.39 is 0 Å². The molecule has 0 fully saturated rings. The molecular formula is C26H33N3O3. The van der Waals surface area contributed by atoms with Gasteiger partial charge in [0.25, 0.3) is 0 Å². The van der Waals surface area contributed by atoms with E-state index in [1.807, 2.05) is 54.7 Å². The van der Waals surface area contributed by atoms with Crippen LogP contribution in [0.15, 0.2) is 65.2 Å². The third-order valence-corrected chi connectivity index (χ3v) is 5.57. The number of nitrogens with zero attached hydrogens (tertiary/aromatic N) is 1. The van der Waals surface area contributed by atoms with Crippen LogP contribution in [-0.2, 0) is 23.0 Å². The topological polar surface area (TPSA) is 86.3 Å². The third kappa shape index (κ3) is 5.46. The van der Waals surface area contributed by atoms with Crippen molar-refractivity contribution in [1.82, 2.24) is 9.97 Å². The first kappa shape index (κ1) is 23.7. The smallest absolute Gasteiger partial charge is 0.212 e. The molecule has 1 unspecified atom stereocenters. The maximum atomic E-state index is 6.41. The van der Waals surface area contributed by atoms with Gasteiger partial charge in [-0.15, -0.1) is 0 Å². The van der Waals surface area contributed by atoms with Crippen molar-refractivity contribution in [3.05, 3.63) is 77.9 Å². The second-order valence-electron chi connectivity index (χ2n) is 7.94. The van der Waals surface area contributed by atoms with Gasteiger partial charge in [-0.3, -0.25) is 0 Å². The average molecular weight is 436 g/mol. The molecule has 2 aromatic carbocycles. The summed E-state index contributed by atoms with van der Waals surface area (Å²) in [5.74, 6) is 1.69. The van der Waals surface area contributed by atoms with Crippen LogP contribution in [0.1, 0.15) is 57.3 Å². The van der Waals surface area contributed by atoms with E-state index in [1.165, 1.54) is 0 Å². The number of hydrogen-bond donors (Lipinski definition) is 2. The van der Waals surface area contributed by atoms with E-state index in [9.17, 15) is 0 Å². The first-order chi connectivity index (χ1) is 15.2. The largest absolute Gasteiger partial charge is 0.439 e. The number of fused-ring (bicyclic) bond motifs is 1. The zero-order valence-electron chi connectivity index (χ0n) is 18.0. The monoisotopic (exact) mass is 435 g/mol. The van der Waals surface area contributed by atoms with Gasteiger partial charge in [0.2, 0.25) is 5.89 Å². The van der Waals surface area contributed by atoms with Crippen LogP contribution >= 0.6 is 0 Å². The molecular weight excluding hydrogens is 402 g/mol. The fourth-order valence-electron chi connectivity index (χ4n) is 3.58. The van der Waals surface area contributed by atoms with Crippen molar-refractivity contribution in [3.8, 4) is 11.3 Å². The van der Waals surface area contributed by atoms with Crippen molar-refractivity contribution in [2.75, 3.05) is 0 Å². The Morgan fingerprint density at radius 3 is 2.53 bits per heavy atom. The number of oxazole rings is 1. The Balaban J connectivity index is 0.00000289. The molecule has 0 aliphatic heterocycles. The molecule has 2 aromatic heterocycles. The Hall–Kier alpha value is -2.93. The van der Waals surface area contributed by atoms with Crippen LogP contribution in [0.3, 0.4) is 0 Å². The van der Waals surface area contributed by atoms with Gasteiger partial charge in [-0.25, -0.2) is 14.8 Å². The van der Waals surface area contributed by atoms with E-state index >= 15 is 0 Å². The molecule has 2 heterocycles. The van der Waals surface area contributed by atoms with Gasteiger partial charge in [-0.1, -0.05) is 76.2 Å². The minimum Gasteiger partial charge on any atom is -0.439 e. The molecule has 0 spiro atoms. The van der Waals surface area contributed by atoms with Gasteiger partial charge in [0.1, 0.15) is 18.9 Å². The van der Waals surface area contributed by atoms with Crippen molar-refractivity contribution in [2.24, 2.45) is 11.7 Å². The summed E-state index contributed by atoms with van der Waals surface area (Å²) in [7, 11) is 0. The standard InChI is InChI=1S/C25H29N3O3.CH4/c1-3-17(2)13-21(26)25-28-23(16-30-29-15-18-9-5-4-6-10-18)24(31-25)20-14-27-22-12-8-7-11-19(20)22;/h4-12,14,17,21,27H,3,13,15-16,26H2,1-2H3;1H4/t17-,21?;/m0./s1. The summed E-state index contributed by atoms with van der Waals surface area (Å²) in [5.41, 5.74) is 10.1. The van der Waals surface area contributed by atoms with E-state index in [0.717, 1.165) is 34.9 Å². The first-order valence-electron chi connectivity index (χ1n) is 10.8. The van der Waals surface area contributed by atoms with Gasteiger partial charge >= 0.3 is 0 Å². The van der Waals surface area contributed by atoms with Gasteiger partial charge in [-0.2, -0.15) is 0 Å². The zero-order chi connectivity index (χ0) is 21.6. The predicted octanol–water partition coefficient (Wildman–Crippen LogP) is 6.54. The van der Waals surface area contributed by atoms with Crippen LogP contribution in [0.4, 0.5) is 0 Å². The number of hydrogen-bond acceptors (Lipinski definition) is 5. The number of rotatable bonds is 10. The van der Waals surface area contributed by atoms with E-state index in [0.29, 0.717) is 29.9 Å². The number of benzene rings is 2. The summed E-state index contributed by atoms with van der Waals surface area (Å²) in [5, 5.41) is 1.06. The minimum absolute atomic E-state index is 0. The second-order valence-corrected chi connectivity index (χ2v) is 7.94. The number of aromatic nitrogens is 2. The first-order valence-corrected chi connectivity index (χ1v) is 10.8. The van der Waals surface area contributed by atoms with E-state index in [4.69, 9.17) is 24.9 Å². The Morgan fingerprint density at radius 1 is 1.03 bits per heavy atom. The highest BCUT2D eigenvalue weighted by atomic mass is 17.2. The number of para-hydroxylation sites is 1. The van der Waals surface area contributed by atoms with Gasteiger partial charge in [0.15, 0.2) is 5.76 Å². The van der Waals surface area contributed by atoms with E-state index in [2.05, 4.69) is 24.9 Å². The molecule has 4 rings (SSSR count). The summed E-state index contributed by atoms with van der Waals surface area (Å²) < 4.78 is 6.20. The molecule has 0 saturated heterocycles. The quantitative estimate of drug-likeness (QED) is 0.168. The molecule has 2 atom stereocenters. The summed E-state index contributed by atoms with van der Waals surface area (Å²) in [6, 6.07) is 17.7. The second kappa shape index (κ2) is 11.1. The summed E-state index contributed by atoms with van der Waals surface area (Å²) >= 11 is 0. The van der Waals surface area contributed by atoms with Gasteiger partial charge in [-0.05, 0) is 24.0 Å². The molecule has 4 aromatic rings. The normalized spacial score (nSPS) is 13.1. The number of nitrogens with one attached hydrogen (secondary N) is 1. The lowest BCUT2D eigenvalue weighted by Crippen LogP contribution is -2.14. The van der Waals surface area contributed by atoms with Crippen molar-refractivity contribution < 1.29 is 14.2 Å². The van der Waals surface area contributed by atoms with Crippen LogP contribution < -0.4 is 5.73 Å². The fourth-order valence-corrected chi connectivity index (χ4v) is 3.58. The predicted molar refractivity (Wildman–Crippen MR) is 128 cm³/mol. The van der Waals surface area contributed by atoms with Crippen LogP contribution in [0, 0.1) is 5.92 Å². The summed E-state index contributed by atoms with van der Waals surface area (Å²) in [4.78, 5) is 18.9. The number of nitrogens with two attached hydrogens (primary N) is 1. The third-order valence-electron chi connectivity index (χ3n) is 5.57. The van der Waals surface area contributed by atoms with E-state index in [1.54, 1.807) is 0 Å². The molecule has 6 nitrogen and oxygen atoms in total. The lowest BCUT2D eigenvalue weighted by Gasteiger charge is -2.12. The molecule has 0 radical (unpaired) electrons. The minimum atomic E-state index is -0.266. The Labute approximate surface area is 189 Å². The molecule has 32 heavy (non-hydrogen) atoms. The summed E-state index contributed by atoms with van der Waals surface area (Å²) in [6.45, 7) is 4.88. The Morgan fingerprint density at radius 2 is 1.75 bits per heavy atom. The molecule has 6 heteroatoms. The van der Waals surface area contributed by atoms with Crippen molar-refractivity contribution in [3.63, 3.8) is 0 Å². The fraction of sp³-hybridized carbons (Fsp3) is 0.346. The molecule has 0 aliphatic rings. The van der Waals surface area contributed by atoms with Gasteiger partial charge in [0.05, 0.1) is 6.04 Å².